The van der Waals surface area contributed by atoms with Gasteiger partial charge in [-0.05, 0) is 31.2 Å². The second-order valence-corrected chi connectivity index (χ2v) is 6.74. The van der Waals surface area contributed by atoms with Crippen molar-refractivity contribution in [2.45, 2.75) is 32.4 Å². The van der Waals surface area contributed by atoms with Gasteiger partial charge in [-0.2, -0.15) is 11.3 Å². The quantitative estimate of drug-likeness (QED) is 0.733. The van der Waals surface area contributed by atoms with Crippen molar-refractivity contribution in [1.82, 2.24) is 9.88 Å². The van der Waals surface area contributed by atoms with Crippen LogP contribution in [-0.2, 0) is 16.1 Å². The molecule has 0 atom stereocenters. The Labute approximate surface area is 132 Å². The summed E-state index contributed by atoms with van der Waals surface area (Å²) in [5.41, 5.74) is 2.22. The van der Waals surface area contributed by atoms with E-state index in [9.17, 15) is 4.79 Å². The van der Waals surface area contributed by atoms with E-state index in [0.29, 0.717) is 19.2 Å². The van der Waals surface area contributed by atoms with Gasteiger partial charge >= 0.3 is 5.97 Å². The number of rotatable bonds is 7. The van der Waals surface area contributed by atoms with Crippen molar-refractivity contribution < 1.29 is 9.53 Å². The summed E-state index contributed by atoms with van der Waals surface area (Å²) in [5, 5.41) is 7.32. The molecule has 0 unspecified atom stereocenters. The number of esters is 1. The molecule has 4 nitrogen and oxygen atoms in total. The molecule has 21 heavy (non-hydrogen) atoms. The maximum absolute atomic E-state index is 11.7. The van der Waals surface area contributed by atoms with Crippen LogP contribution >= 0.6 is 22.7 Å². The minimum absolute atomic E-state index is 0.141. The molecule has 2 aromatic heterocycles. The third kappa shape index (κ3) is 3.90. The SMILES string of the molecule is CCOC(=O)CN(Cc1csc(-c2ccsc2)n1)C1CC1. The zero-order valence-electron chi connectivity index (χ0n) is 11.9. The molecule has 0 aliphatic heterocycles. The molecule has 112 valence electrons. The Bertz CT molecular complexity index is 591. The van der Waals surface area contributed by atoms with E-state index in [2.05, 4.69) is 32.1 Å². The first-order chi connectivity index (χ1) is 10.3. The van der Waals surface area contributed by atoms with Crippen LogP contribution in [0.4, 0.5) is 0 Å². The van der Waals surface area contributed by atoms with Gasteiger partial charge in [0.15, 0.2) is 0 Å². The molecule has 0 saturated heterocycles. The van der Waals surface area contributed by atoms with Gasteiger partial charge in [-0.25, -0.2) is 4.98 Å². The first kappa shape index (κ1) is 14.7. The molecule has 2 heterocycles. The number of aromatic nitrogens is 1. The fraction of sp³-hybridized carbons (Fsp3) is 0.467. The summed E-state index contributed by atoms with van der Waals surface area (Å²) in [5.74, 6) is -0.141. The lowest BCUT2D eigenvalue weighted by Crippen LogP contribution is -2.32. The zero-order chi connectivity index (χ0) is 14.7. The number of hydrogen-bond donors (Lipinski definition) is 0. The molecule has 3 rings (SSSR count). The predicted octanol–water partition coefficient (Wildman–Crippen LogP) is 3.40. The molecule has 0 aromatic carbocycles. The number of thiazole rings is 1. The molecule has 0 N–H and O–H groups in total. The van der Waals surface area contributed by atoms with E-state index in [0.717, 1.165) is 17.2 Å². The Balaban J connectivity index is 1.64. The number of hydrogen-bond acceptors (Lipinski definition) is 6. The van der Waals surface area contributed by atoms with Crippen LogP contribution in [0.3, 0.4) is 0 Å². The number of thiophene rings is 1. The van der Waals surface area contributed by atoms with Crippen molar-refractivity contribution in [3.63, 3.8) is 0 Å². The van der Waals surface area contributed by atoms with Gasteiger partial charge in [0.2, 0.25) is 0 Å². The molecule has 0 radical (unpaired) electrons. The Morgan fingerprint density at radius 3 is 3.00 bits per heavy atom. The van der Waals surface area contributed by atoms with Gasteiger partial charge in [-0.3, -0.25) is 9.69 Å². The highest BCUT2D eigenvalue weighted by Crippen LogP contribution is 2.30. The van der Waals surface area contributed by atoms with Crippen molar-refractivity contribution >= 4 is 28.6 Å². The summed E-state index contributed by atoms with van der Waals surface area (Å²) in [7, 11) is 0. The molecule has 1 fully saturated rings. The van der Waals surface area contributed by atoms with Crippen molar-refractivity contribution in [2.24, 2.45) is 0 Å². The van der Waals surface area contributed by atoms with Crippen LogP contribution in [0.2, 0.25) is 0 Å². The van der Waals surface area contributed by atoms with Gasteiger partial charge in [-0.15, -0.1) is 11.3 Å². The Morgan fingerprint density at radius 2 is 2.33 bits per heavy atom. The fourth-order valence-electron chi connectivity index (χ4n) is 2.23. The standard InChI is InChI=1S/C15H18N2O2S2/c1-2-19-14(18)8-17(13-3-4-13)7-12-10-21-15(16-12)11-5-6-20-9-11/h5-6,9-10,13H,2-4,7-8H2,1H3. The number of nitrogens with zero attached hydrogens (tertiary/aromatic N) is 2. The number of ether oxygens (including phenoxy) is 1. The minimum atomic E-state index is -0.141. The predicted molar refractivity (Wildman–Crippen MR) is 85.5 cm³/mol. The maximum atomic E-state index is 11.7. The molecule has 1 saturated carbocycles. The average Bonchev–Trinajstić information content (AvgIpc) is 2.98. The van der Waals surface area contributed by atoms with E-state index < -0.39 is 0 Å². The molecule has 0 spiro atoms. The Morgan fingerprint density at radius 1 is 1.48 bits per heavy atom. The highest BCUT2D eigenvalue weighted by atomic mass is 32.1. The maximum Gasteiger partial charge on any atom is 0.320 e. The van der Waals surface area contributed by atoms with Crippen LogP contribution in [0, 0.1) is 0 Å². The summed E-state index contributed by atoms with van der Waals surface area (Å²) >= 11 is 3.34. The third-order valence-electron chi connectivity index (χ3n) is 3.39. The van der Waals surface area contributed by atoms with E-state index in [1.165, 1.54) is 18.4 Å². The molecule has 1 aliphatic carbocycles. The minimum Gasteiger partial charge on any atom is -0.465 e. The lowest BCUT2D eigenvalue weighted by Gasteiger charge is -2.19. The van der Waals surface area contributed by atoms with Crippen LogP contribution in [0.1, 0.15) is 25.5 Å². The fourth-order valence-corrected chi connectivity index (χ4v) is 3.76. The second-order valence-electron chi connectivity index (χ2n) is 5.10. The van der Waals surface area contributed by atoms with Gasteiger partial charge < -0.3 is 4.74 Å². The number of carbonyl (C=O) groups excluding carboxylic acids is 1. The Kier molecular flexibility index (Phi) is 4.67. The topological polar surface area (TPSA) is 42.4 Å². The van der Waals surface area contributed by atoms with Crippen LogP contribution in [0.5, 0.6) is 0 Å². The summed E-state index contributed by atoms with van der Waals surface area (Å²) in [4.78, 5) is 18.6. The van der Waals surface area contributed by atoms with E-state index in [4.69, 9.17) is 4.74 Å². The molecule has 1 aliphatic rings. The zero-order valence-corrected chi connectivity index (χ0v) is 13.6. The number of carbonyl (C=O) groups is 1. The smallest absolute Gasteiger partial charge is 0.320 e. The molecule has 0 bridgehead atoms. The van der Waals surface area contributed by atoms with Crippen molar-refractivity contribution in [1.29, 1.82) is 0 Å². The Hall–Kier alpha value is -1.24. The van der Waals surface area contributed by atoms with E-state index >= 15 is 0 Å². The van der Waals surface area contributed by atoms with Gasteiger partial charge in [0, 0.05) is 28.9 Å². The van der Waals surface area contributed by atoms with Gasteiger partial charge in [0.25, 0.3) is 0 Å². The lowest BCUT2D eigenvalue weighted by molar-refractivity contribution is -0.144. The van der Waals surface area contributed by atoms with Crippen LogP contribution in [0.25, 0.3) is 10.6 Å². The molecular formula is C15H18N2O2S2. The third-order valence-corrected chi connectivity index (χ3v) is 5.01. The molecule has 0 amide bonds. The van der Waals surface area contributed by atoms with Gasteiger partial charge in [0.1, 0.15) is 5.01 Å². The monoisotopic (exact) mass is 322 g/mol. The molecule has 2 aromatic rings. The molecular weight excluding hydrogens is 304 g/mol. The first-order valence-corrected chi connectivity index (χ1v) is 8.95. The normalized spacial score (nSPS) is 14.6. The van der Waals surface area contributed by atoms with Crippen LogP contribution in [-0.4, -0.2) is 35.0 Å². The summed E-state index contributed by atoms with van der Waals surface area (Å²) in [6.45, 7) is 3.37. The van der Waals surface area contributed by atoms with Gasteiger partial charge in [-0.1, -0.05) is 0 Å². The van der Waals surface area contributed by atoms with Crippen molar-refractivity contribution in [3.05, 3.63) is 27.9 Å². The van der Waals surface area contributed by atoms with Crippen LogP contribution < -0.4 is 0 Å². The van der Waals surface area contributed by atoms with Crippen molar-refractivity contribution in [3.8, 4) is 10.6 Å². The highest BCUT2D eigenvalue weighted by molar-refractivity contribution is 7.14. The second kappa shape index (κ2) is 6.68. The summed E-state index contributed by atoms with van der Waals surface area (Å²) in [6.07, 6.45) is 2.34. The summed E-state index contributed by atoms with van der Waals surface area (Å²) in [6, 6.07) is 2.60. The van der Waals surface area contributed by atoms with E-state index in [-0.39, 0.29) is 5.97 Å². The first-order valence-electron chi connectivity index (χ1n) is 7.13. The van der Waals surface area contributed by atoms with Crippen LogP contribution in [0.15, 0.2) is 22.2 Å². The van der Waals surface area contributed by atoms with E-state index in [1.54, 1.807) is 22.7 Å². The summed E-state index contributed by atoms with van der Waals surface area (Å²) < 4.78 is 5.06. The van der Waals surface area contributed by atoms with Crippen molar-refractivity contribution in [2.75, 3.05) is 13.2 Å². The molecule has 6 heteroatoms. The van der Waals surface area contributed by atoms with E-state index in [1.807, 2.05) is 6.92 Å². The lowest BCUT2D eigenvalue weighted by atomic mass is 10.3. The largest absolute Gasteiger partial charge is 0.465 e. The average molecular weight is 322 g/mol. The van der Waals surface area contributed by atoms with Gasteiger partial charge in [0.05, 0.1) is 18.8 Å². The highest BCUT2D eigenvalue weighted by Gasteiger charge is 2.31.